The van der Waals surface area contributed by atoms with Crippen molar-refractivity contribution in [2.45, 2.75) is 75.3 Å². The zero-order valence-electron chi connectivity index (χ0n) is 25.2. The molecule has 2 saturated heterocycles. The average molecular weight is 599 g/mol. The summed E-state index contributed by atoms with van der Waals surface area (Å²) < 4.78 is 26.5. The number of phenolic OH excluding ortho intramolecular Hbond substituents is 1. The van der Waals surface area contributed by atoms with Crippen LogP contribution in [0.4, 0.5) is 0 Å². The second-order valence-corrected chi connectivity index (χ2v) is 13.3. The normalized spacial score (nSPS) is 38.3. The van der Waals surface area contributed by atoms with Crippen LogP contribution in [0.2, 0.25) is 0 Å². The van der Waals surface area contributed by atoms with E-state index < -0.39 is 46.7 Å². The number of carbonyl (C=O) groups is 2. The van der Waals surface area contributed by atoms with Gasteiger partial charge in [-0.1, -0.05) is 68.1 Å². The number of phenols is 1. The number of hydrogen-bond acceptors (Lipinski definition) is 8. The maximum atomic E-state index is 13.7. The molecule has 0 amide bonds. The summed E-state index contributed by atoms with van der Waals surface area (Å²) in [5, 5.41) is 21.9. The molecule has 6 unspecified atom stereocenters. The van der Waals surface area contributed by atoms with Gasteiger partial charge in [-0.25, -0.2) is 0 Å². The van der Waals surface area contributed by atoms with Crippen molar-refractivity contribution in [2.24, 2.45) is 17.8 Å². The van der Waals surface area contributed by atoms with Crippen molar-refractivity contribution in [2.75, 3.05) is 6.61 Å². The fourth-order valence-corrected chi connectivity index (χ4v) is 8.49. The fraction of sp³-hybridized carbons (Fsp3) is 0.444. The highest BCUT2D eigenvalue weighted by molar-refractivity contribution is 6.04. The molecule has 2 heterocycles. The van der Waals surface area contributed by atoms with Gasteiger partial charge in [0.15, 0.2) is 5.78 Å². The molecule has 230 valence electrons. The quantitative estimate of drug-likeness (QED) is 0.348. The van der Waals surface area contributed by atoms with Gasteiger partial charge in [-0.05, 0) is 66.2 Å². The summed E-state index contributed by atoms with van der Waals surface area (Å²) in [6.45, 7) is 10.0. The van der Waals surface area contributed by atoms with Gasteiger partial charge in [0, 0.05) is 18.3 Å². The number of ketones is 1. The van der Waals surface area contributed by atoms with Crippen LogP contribution >= 0.6 is 0 Å². The van der Waals surface area contributed by atoms with Crippen molar-refractivity contribution in [1.29, 1.82) is 0 Å². The fourth-order valence-electron chi connectivity index (χ4n) is 8.49. The largest absolute Gasteiger partial charge is 0.508 e. The lowest BCUT2D eigenvalue weighted by atomic mass is 9.55. The zero-order valence-corrected chi connectivity index (χ0v) is 25.2. The molecule has 7 rings (SSSR count). The number of esters is 1. The van der Waals surface area contributed by atoms with Crippen LogP contribution in [0.15, 0.2) is 90.0 Å². The molecule has 44 heavy (non-hydrogen) atoms. The lowest BCUT2D eigenvalue weighted by Gasteiger charge is -2.59. The summed E-state index contributed by atoms with van der Waals surface area (Å²) >= 11 is 0. The Bertz CT molecular complexity index is 1590. The Hall–Kier alpha value is -3.56. The summed E-state index contributed by atoms with van der Waals surface area (Å²) in [7, 11) is 0. The van der Waals surface area contributed by atoms with E-state index in [0.717, 1.165) is 11.1 Å². The van der Waals surface area contributed by atoms with Crippen molar-refractivity contribution < 1.29 is 38.7 Å². The molecule has 8 atom stereocenters. The summed E-state index contributed by atoms with van der Waals surface area (Å²) in [6, 6.07) is 16.2. The van der Waals surface area contributed by atoms with Crippen molar-refractivity contribution >= 4 is 11.8 Å². The Morgan fingerprint density at radius 1 is 1.07 bits per heavy atom. The van der Waals surface area contributed by atoms with Crippen molar-refractivity contribution in [3.8, 4) is 5.75 Å². The van der Waals surface area contributed by atoms with Gasteiger partial charge < -0.3 is 29.2 Å². The summed E-state index contributed by atoms with van der Waals surface area (Å²) in [5.41, 5.74) is -0.0509. The zero-order chi connectivity index (χ0) is 31.1. The highest BCUT2D eigenvalue weighted by atomic mass is 16.9. The molecule has 0 radical (unpaired) electrons. The van der Waals surface area contributed by atoms with Crippen molar-refractivity contribution in [3.63, 3.8) is 0 Å². The Kier molecular flexibility index (Phi) is 6.61. The molecule has 0 spiro atoms. The highest BCUT2D eigenvalue weighted by Crippen LogP contribution is 2.68. The molecule has 2 aliphatic heterocycles. The number of benzene rings is 2. The molecular formula is C36H38O8. The Morgan fingerprint density at radius 2 is 1.80 bits per heavy atom. The molecule has 2 N–H and O–H groups in total. The third-order valence-corrected chi connectivity index (χ3v) is 10.4. The smallest absolute Gasteiger partial charge is 0.310 e. The van der Waals surface area contributed by atoms with Crippen LogP contribution in [0, 0.1) is 17.8 Å². The molecule has 2 aromatic rings. The van der Waals surface area contributed by atoms with E-state index in [2.05, 4.69) is 13.5 Å². The van der Waals surface area contributed by atoms with E-state index in [0.29, 0.717) is 29.6 Å². The van der Waals surface area contributed by atoms with Gasteiger partial charge >= 0.3 is 5.97 Å². The van der Waals surface area contributed by atoms with E-state index in [-0.39, 0.29) is 36.9 Å². The van der Waals surface area contributed by atoms with Crippen LogP contribution in [-0.2, 0) is 41.4 Å². The standard InChI is InChI=1S/C36H38O8/c1-21(2)34-17-23(4)36-28(32(34)42-35(43-34,44-36)19-25-8-6-5-7-9-25)15-26(18-33(40)29(36)14-22(3)31(33)39)20-41-30(38)16-24-10-12-27(37)13-11-24/h5-15,23,28-29,32,37,40H,1,16-20H2,2-4H3/t23-,28?,29?,32?,33-,34?,35?,36?/m1/s1. The van der Waals surface area contributed by atoms with Gasteiger partial charge in [0.25, 0.3) is 5.97 Å². The van der Waals surface area contributed by atoms with Crippen LogP contribution in [0.25, 0.3) is 0 Å². The predicted octanol–water partition coefficient (Wildman–Crippen LogP) is 4.74. The second kappa shape index (κ2) is 9.97. The second-order valence-electron chi connectivity index (χ2n) is 13.3. The minimum Gasteiger partial charge on any atom is -0.508 e. The monoisotopic (exact) mass is 598 g/mol. The van der Waals surface area contributed by atoms with Crippen LogP contribution in [0.3, 0.4) is 0 Å². The topological polar surface area (TPSA) is 112 Å². The Balaban J connectivity index is 1.29. The average Bonchev–Trinajstić information content (AvgIpc) is 3.29. The molecule has 3 fully saturated rings. The molecule has 5 aliphatic rings. The number of ether oxygens (including phenoxy) is 4. The molecule has 0 aromatic heterocycles. The lowest BCUT2D eigenvalue weighted by molar-refractivity contribution is -0.421. The van der Waals surface area contributed by atoms with Gasteiger partial charge in [-0.3, -0.25) is 9.59 Å². The molecule has 8 heteroatoms. The molecule has 8 nitrogen and oxygen atoms in total. The number of hydrogen-bond donors (Lipinski definition) is 2. The van der Waals surface area contributed by atoms with Crippen LogP contribution in [0.5, 0.6) is 5.75 Å². The van der Waals surface area contributed by atoms with Crippen LogP contribution in [-0.4, -0.2) is 57.5 Å². The van der Waals surface area contributed by atoms with Gasteiger partial charge in [0.1, 0.15) is 29.7 Å². The number of rotatable bonds is 7. The van der Waals surface area contributed by atoms with Crippen molar-refractivity contribution in [3.05, 3.63) is 101 Å². The maximum Gasteiger partial charge on any atom is 0.310 e. The predicted molar refractivity (Wildman–Crippen MR) is 160 cm³/mol. The lowest BCUT2D eigenvalue weighted by Crippen LogP contribution is -2.70. The van der Waals surface area contributed by atoms with Crippen LogP contribution in [0.1, 0.15) is 44.7 Å². The number of Topliss-reactive ketones (excluding diaryl/α,β-unsaturated/α-hetero) is 1. The first-order chi connectivity index (χ1) is 20.9. The Morgan fingerprint density at radius 3 is 2.50 bits per heavy atom. The maximum absolute atomic E-state index is 13.7. The van der Waals surface area contributed by atoms with Crippen LogP contribution < -0.4 is 0 Å². The molecule has 1 saturated carbocycles. The van der Waals surface area contributed by atoms with Crippen molar-refractivity contribution in [1.82, 2.24) is 0 Å². The molecular weight excluding hydrogens is 560 g/mol. The first-order valence-corrected chi connectivity index (χ1v) is 15.3. The number of carbonyl (C=O) groups excluding carboxylic acids is 2. The number of fused-ring (bicyclic) bond motifs is 2. The third kappa shape index (κ3) is 4.19. The van der Waals surface area contributed by atoms with Gasteiger partial charge in [-0.15, -0.1) is 0 Å². The summed E-state index contributed by atoms with van der Waals surface area (Å²) in [5.74, 6) is -3.37. The minimum atomic E-state index is -1.78. The van der Waals surface area contributed by atoms with Gasteiger partial charge in [0.2, 0.25) is 0 Å². The third-order valence-electron chi connectivity index (χ3n) is 10.4. The van der Waals surface area contributed by atoms with E-state index in [1.807, 2.05) is 49.4 Å². The van der Waals surface area contributed by atoms with E-state index >= 15 is 0 Å². The summed E-state index contributed by atoms with van der Waals surface area (Å²) in [4.78, 5) is 26.6. The minimum absolute atomic E-state index is 0.00446. The molecule has 3 aliphatic carbocycles. The van der Waals surface area contributed by atoms with E-state index in [4.69, 9.17) is 18.9 Å². The highest BCUT2D eigenvalue weighted by Gasteiger charge is 2.79. The first-order valence-electron chi connectivity index (χ1n) is 15.3. The van der Waals surface area contributed by atoms with E-state index in [1.165, 1.54) is 12.1 Å². The number of aliphatic hydroxyl groups is 1. The molecule has 2 aromatic carbocycles. The van der Waals surface area contributed by atoms with Gasteiger partial charge in [-0.2, -0.15) is 0 Å². The molecule has 3 bridgehead atoms. The van der Waals surface area contributed by atoms with Gasteiger partial charge in [0.05, 0.1) is 18.4 Å². The Labute approximate surface area is 257 Å². The summed E-state index contributed by atoms with van der Waals surface area (Å²) in [6.07, 6.45) is 4.28. The number of aromatic hydroxyl groups is 1. The van der Waals surface area contributed by atoms with E-state index in [9.17, 15) is 19.8 Å². The SMILES string of the molecule is C=C(C)C12C[C@@H](C)C34OC(Cc5ccccc5)(OC1C3C=C(COC(=O)Cc1ccc(O)cc1)C[C@]1(O)C(=O)C(C)=CC41)O2. The first kappa shape index (κ1) is 29.2. The van der Waals surface area contributed by atoms with E-state index in [1.54, 1.807) is 19.1 Å².